The number of carbonyl (C=O) groups is 4. The van der Waals surface area contributed by atoms with Gasteiger partial charge in [0.1, 0.15) is 24.1 Å². The van der Waals surface area contributed by atoms with Gasteiger partial charge >= 0.3 is 18.0 Å². The quantitative estimate of drug-likeness (QED) is 0.0813. The number of methoxy groups -OCH3 is 1. The van der Waals surface area contributed by atoms with Gasteiger partial charge in [-0.05, 0) is 91.1 Å². The molecule has 3 aliphatic rings. The molecule has 14 atom stereocenters. The van der Waals surface area contributed by atoms with Crippen LogP contribution >= 0.6 is 0 Å². The van der Waals surface area contributed by atoms with Gasteiger partial charge in [0.2, 0.25) is 0 Å². The number of hydrogen-bond donors (Lipinski definition) is 1. The Morgan fingerprint density at radius 1 is 1.01 bits per heavy atom. The molecule has 0 spiro atoms. The van der Waals surface area contributed by atoms with Crippen LogP contribution in [0.2, 0.25) is 0 Å². The molecular formula is C50H72N6O11. The van der Waals surface area contributed by atoms with Gasteiger partial charge in [0, 0.05) is 62.9 Å². The SMILES string of the molecule is C=CCN(C)[C@H]1C[C@@H](C)O[C@@H](O[C@@H]2[C@@H](C)[C@H](OC(=O)Cc3ccccn3)[C@@H](C)C(=O)O[C@H](CC)[C@@]3(C)OC(=O)N(CCCCn4cnc5ncccc54)[C@H]3[C@@H](C)C(=O)[C@H](C)C[C@@]2(C)OC)[C@@H]1O. The number of ketones is 1. The molecule has 0 radical (unpaired) electrons. The standard InChI is InChI=1S/C50H72N6O11/c1-12-23-54(10)37-26-31(4)63-47(41(37)59)66-44-33(6)42(65-39(57)27-35-19-14-15-21-51-35)34(7)46(60)64-38(13-2)50(9)43(32(5)40(58)30(3)28-49(44,8)62-11)56(48(61)67-50)25-17-16-24-55-29-53-45-36(55)20-18-22-52-45/h12,14-15,18-22,29-34,37-38,41-44,47,59H,1,13,16-17,23-28H2,2-11H3/t30-,31-,32+,33+,34-,37+,38-,41-,42+,43+,44-,47+,49-,50-/m1/s1. The van der Waals surface area contributed by atoms with Gasteiger partial charge in [0.15, 0.2) is 17.5 Å². The first kappa shape index (κ1) is 51.6. The number of Topliss-reactive ketones (excluding diaryl/α,β-unsaturated/α-hetero) is 1. The summed E-state index contributed by atoms with van der Waals surface area (Å²) in [6.07, 6.45) is 2.28. The minimum Gasteiger partial charge on any atom is -0.461 e. The normalized spacial score (nSPS) is 34.3. The summed E-state index contributed by atoms with van der Waals surface area (Å²) < 4.78 is 40.7. The molecule has 3 aromatic heterocycles. The highest BCUT2D eigenvalue weighted by Gasteiger charge is 2.60. The second-order valence-electron chi connectivity index (χ2n) is 19.3. The fraction of sp³-hybridized carbons (Fsp3) is 0.660. The molecule has 0 aromatic carbocycles. The average molecular weight is 933 g/mol. The summed E-state index contributed by atoms with van der Waals surface area (Å²) in [4.78, 5) is 74.5. The molecule has 3 saturated heterocycles. The molecule has 3 aromatic rings. The van der Waals surface area contributed by atoms with Crippen molar-refractivity contribution in [2.75, 3.05) is 27.2 Å². The van der Waals surface area contributed by atoms with Crippen LogP contribution in [0.1, 0.15) is 93.2 Å². The Bertz CT molecular complexity index is 2180. The topological polar surface area (TPSA) is 194 Å². The highest BCUT2D eigenvalue weighted by molar-refractivity contribution is 5.85. The molecule has 6 rings (SSSR count). The zero-order chi connectivity index (χ0) is 48.8. The van der Waals surface area contributed by atoms with Crippen LogP contribution < -0.4 is 0 Å². The molecule has 368 valence electrons. The summed E-state index contributed by atoms with van der Waals surface area (Å²) in [5.41, 5.74) is -0.730. The van der Waals surface area contributed by atoms with Crippen molar-refractivity contribution in [1.82, 2.24) is 29.3 Å². The number of amides is 1. The molecule has 3 aliphatic heterocycles. The van der Waals surface area contributed by atoms with Gasteiger partial charge in [-0.15, -0.1) is 6.58 Å². The van der Waals surface area contributed by atoms with Crippen molar-refractivity contribution < 1.29 is 52.7 Å². The Morgan fingerprint density at radius 3 is 2.43 bits per heavy atom. The summed E-state index contributed by atoms with van der Waals surface area (Å²) in [5.74, 6) is -4.91. The number of aromatic nitrogens is 4. The van der Waals surface area contributed by atoms with Crippen molar-refractivity contribution in [3.05, 3.63) is 67.4 Å². The highest BCUT2D eigenvalue weighted by Crippen LogP contribution is 2.44. The molecule has 0 unspecified atom stereocenters. The van der Waals surface area contributed by atoms with Gasteiger partial charge in [-0.2, -0.15) is 0 Å². The number of pyridine rings is 2. The number of imidazole rings is 1. The molecule has 0 aliphatic carbocycles. The van der Waals surface area contributed by atoms with E-state index >= 15 is 4.79 Å². The summed E-state index contributed by atoms with van der Waals surface area (Å²) in [7, 11) is 3.41. The fourth-order valence-corrected chi connectivity index (χ4v) is 10.8. The van der Waals surface area contributed by atoms with E-state index in [1.54, 1.807) is 75.6 Å². The van der Waals surface area contributed by atoms with Crippen LogP contribution in [0.4, 0.5) is 4.79 Å². The number of carbonyl (C=O) groups excluding carboxylic acids is 4. The first-order valence-corrected chi connectivity index (χ1v) is 23.8. The first-order chi connectivity index (χ1) is 31.9. The maximum Gasteiger partial charge on any atom is 0.410 e. The Labute approximate surface area is 394 Å². The second-order valence-corrected chi connectivity index (χ2v) is 19.3. The number of aliphatic hydroxyl groups is 1. The van der Waals surface area contributed by atoms with E-state index in [2.05, 4.69) is 21.5 Å². The van der Waals surface area contributed by atoms with Crippen molar-refractivity contribution in [2.24, 2.45) is 23.7 Å². The van der Waals surface area contributed by atoms with E-state index in [0.29, 0.717) is 43.7 Å². The van der Waals surface area contributed by atoms with Crippen LogP contribution in [0.3, 0.4) is 0 Å². The van der Waals surface area contributed by atoms with Gasteiger partial charge < -0.3 is 43.0 Å². The Morgan fingerprint density at radius 2 is 1.75 bits per heavy atom. The third kappa shape index (κ3) is 11.2. The number of ether oxygens (including phenoxy) is 6. The molecule has 1 N–H and O–H groups in total. The van der Waals surface area contributed by atoms with Crippen LogP contribution in [-0.2, 0) is 55.8 Å². The van der Waals surface area contributed by atoms with Gasteiger partial charge in [0.05, 0.1) is 53.7 Å². The number of fused-ring (bicyclic) bond motifs is 2. The van der Waals surface area contributed by atoms with Gasteiger partial charge in [-0.1, -0.05) is 39.8 Å². The number of nitrogens with zero attached hydrogens (tertiary/aromatic N) is 6. The number of aliphatic hydroxyl groups excluding tert-OH is 1. The van der Waals surface area contributed by atoms with Gasteiger partial charge in [-0.3, -0.25) is 24.3 Å². The summed E-state index contributed by atoms with van der Waals surface area (Å²) in [5, 5.41) is 11.9. The van der Waals surface area contributed by atoms with Gasteiger partial charge in [-0.25, -0.2) is 14.8 Å². The van der Waals surface area contributed by atoms with E-state index in [-0.39, 0.29) is 43.7 Å². The van der Waals surface area contributed by atoms with E-state index in [0.717, 1.165) is 5.52 Å². The molecule has 6 heterocycles. The molecule has 0 bridgehead atoms. The molecule has 3 fully saturated rings. The summed E-state index contributed by atoms with van der Waals surface area (Å²) >= 11 is 0. The zero-order valence-electron chi connectivity index (χ0n) is 40.9. The maximum atomic E-state index is 15.0. The third-order valence-electron chi connectivity index (χ3n) is 14.4. The van der Waals surface area contributed by atoms with Crippen molar-refractivity contribution in [3.63, 3.8) is 0 Å². The molecule has 17 heteroatoms. The van der Waals surface area contributed by atoms with E-state index in [1.807, 2.05) is 56.3 Å². The van der Waals surface area contributed by atoms with Crippen molar-refractivity contribution in [1.29, 1.82) is 0 Å². The fourth-order valence-electron chi connectivity index (χ4n) is 10.8. The molecular weight excluding hydrogens is 861 g/mol. The van der Waals surface area contributed by atoms with E-state index in [1.165, 1.54) is 7.11 Å². The Balaban J connectivity index is 1.37. The van der Waals surface area contributed by atoms with E-state index in [9.17, 15) is 19.5 Å². The minimum absolute atomic E-state index is 0.108. The Kier molecular flexibility index (Phi) is 17.0. The number of aryl methyl sites for hydroxylation is 1. The van der Waals surface area contributed by atoms with Crippen molar-refractivity contribution in [2.45, 2.75) is 161 Å². The average Bonchev–Trinajstić information content (AvgIpc) is 3.84. The number of hydrogen-bond acceptors (Lipinski definition) is 15. The number of rotatable bonds is 15. The number of esters is 2. The van der Waals surface area contributed by atoms with Crippen LogP contribution in [0.25, 0.3) is 11.2 Å². The molecule has 1 amide bonds. The Hall–Kier alpha value is -4.81. The third-order valence-corrected chi connectivity index (χ3v) is 14.4. The zero-order valence-corrected chi connectivity index (χ0v) is 40.9. The lowest BCUT2D eigenvalue weighted by atomic mass is 9.73. The number of cyclic esters (lactones) is 1. The van der Waals surface area contributed by atoms with Crippen LogP contribution in [0, 0.1) is 23.7 Å². The smallest absolute Gasteiger partial charge is 0.410 e. The van der Waals surface area contributed by atoms with Crippen molar-refractivity contribution in [3.8, 4) is 0 Å². The first-order valence-electron chi connectivity index (χ1n) is 23.8. The lowest BCUT2D eigenvalue weighted by molar-refractivity contribution is -0.302. The van der Waals surface area contributed by atoms with Crippen LogP contribution in [-0.4, -0.2) is 146 Å². The van der Waals surface area contributed by atoms with E-state index in [4.69, 9.17) is 28.4 Å². The summed E-state index contributed by atoms with van der Waals surface area (Å²) in [6.45, 7) is 19.6. The number of unbranched alkanes of at least 4 members (excludes halogenated alkanes) is 1. The second kappa shape index (κ2) is 22.1. The predicted octanol–water partition coefficient (Wildman–Crippen LogP) is 5.95. The highest BCUT2D eigenvalue weighted by atomic mass is 16.7. The summed E-state index contributed by atoms with van der Waals surface area (Å²) in [6, 6.07) is 7.85. The predicted molar refractivity (Wildman–Crippen MR) is 248 cm³/mol. The maximum absolute atomic E-state index is 15.0. The van der Waals surface area contributed by atoms with Gasteiger partial charge in [0.25, 0.3) is 0 Å². The largest absolute Gasteiger partial charge is 0.461 e. The number of likely N-dealkylation sites (N-methyl/N-ethyl adjacent to an activating group) is 1. The lowest BCUT2D eigenvalue weighted by Crippen LogP contribution is -2.61. The van der Waals surface area contributed by atoms with Crippen LogP contribution in [0.5, 0.6) is 0 Å². The lowest BCUT2D eigenvalue weighted by Gasteiger charge is -2.48. The van der Waals surface area contributed by atoms with Crippen molar-refractivity contribution >= 4 is 35.0 Å². The minimum atomic E-state index is -1.44. The molecule has 67 heavy (non-hydrogen) atoms. The monoisotopic (exact) mass is 933 g/mol. The molecule has 0 saturated carbocycles. The van der Waals surface area contributed by atoms with E-state index < -0.39 is 89.7 Å². The van der Waals surface area contributed by atoms with Crippen LogP contribution in [0.15, 0.2) is 61.7 Å². The molecule has 17 nitrogen and oxygen atoms in total.